The smallest absolute Gasteiger partial charge is 0.422 e. The summed E-state index contributed by atoms with van der Waals surface area (Å²) in [6.07, 6.45) is -5.91. The van der Waals surface area contributed by atoms with Gasteiger partial charge in [-0.1, -0.05) is 11.6 Å². The van der Waals surface area contributed by atoms with Crippen molar-refractivity contribution in [3.05, 3.63) is 41.8 Å². The van der Waals surface area contributed by atoms with Crippen molar-refractivity contribution < 1.29 is 36.2 Å². The van der Waals surface area contributed by atoms with Gasteiger partial charge in [0.1, 0.15) is 11.8 Å². The largest absolute Gasteiger partial charge is 0.468 e. The van der Waals surface area contributed by atoms with Gasteiger partial charge in [0.2, 0.25) is 5.88 Å². The van der Waals surface area contributed by atoms with Crippen LogP contribution in [-0.2, 0) is 0 Å². The third-order valence-electron chi connectivity index (χ3n) is 2.07. The molecule has 0 fully saturated rings. The molecule has 0 aromatic carbocycles. The van der Waals surface area contributed by atoms with Gasteiger partial charge in [-0.15, -0.1) is 0 Å². The zero-order valence-corrected chi connectivity index (χ0v) is 14.2. The van der Waals surface area contributed by atoms with Gasteiger partial charge in [-0.25, -0.2) is 9.97 Å². The number of nitrogen functional groups attached to an aromatic ring is 2. The Hall–Kier alpha value is -2.47. The van der Waals surface area contributed by atoms with Crippen molar-refractivity contribution in [3.8, 4) is 5.88 Å². The van der Waals surface area contributed by atoms with Crippen molar-refractivity contribution in [3.63, 3.8) is 0 Å². The number of rotatable bonds is 2. The van der Waals surface area contributed by atoms with E-state index in [0.29, 0.717) is 16.5 Å². The van der Waals surface area contributed by atoms with E-state index in [1.165, 1.54) is 18.3 Å². The second-order valence-corrected chi connectivity index (χ2v) is 4.90. The SMILES string of the molecule is Nc1ccnc(Cl)c1.Nc1ccnc(OCC(F)(F)F)c1.OCC(F)(F)F. The van der Waals surface area contributed by atoms with E-state index < -0.39 is 25.6 Å². The number of ether oxygens (including phenoxy) is 1. The number of aliphatic hydroxyl groups excluding tert-OH is 1. The van der Waals surface area contributed by atoms with E-state index in [4.69, 9.17) is 28.2 Å². The molecule has 0 saturated heterocycles. The van der Waals surface area contributed by atoms with E-state index in [1.54, 1.807) is 18.3 Å². The van der Waals surface area contributed by atoms with Crippen molar-refractivity contribution in [1.82, 2.24) is 9.97 Å². The maximum atomic E-state index is 11.7. The summed E-state index contributed by atoms with van der Waals surface area (Å²) < 4.78 is 70.9. The first kappa shape index (κ1) is 24.5. The molecular weight excluding hydrogens is 406 g/mol. The monoisotopic (exact) mass is 420 g/mol. The molecule has 6 nitrogen and oxygen atoms in total. The predicted octanol–water partition coefficient (Wildman–Crippen LogP) is 3.46. The molecule has 0 unspecified atom stereocenters. The van der Waals surface area contributed by atoms with Gasteiger partial charge in [-0.2, -0.15) is 26.3 Å². The van der Waals surface area contributed by atoms with Crippen LogP contribution >= 0.6 is 11.6 Å². The first-order chi connectivity index (χ1) is 12.3. The van der Waals surface area contributed by atoms with Crippen LogP contribution in [0, 0.1) is 0 Å². The highest BCUT2D eigenvalue weighted by Crippen LogP contribution is 2.17. The maximum absolute atomic E-state index is 11.7. The number of hydrogen-bond acceptors (Lipinski definition) is 6. The van der Waals surface area contributed by atoms with Gasteiger partial charge in [0.25, 0.3) is 0 Å². The minimum atomic E-state index is -4.40. The standard InChI is InChI=1S/C7H7F3N2O.C5H5ClN2.C2H3F3O/c8-7(9,10)4-13-6-3-5(11)1-2-12-6;6-5-3-4(7)1-2-8-5;3-2(4,5)1-6/h1-3H,4H2,(H2,11,12);1-3H,(H2,7,8);6H,1H2. The summed E-state index contributed by atoms with van der Waals surface area (Å²) in [4.78, 5) is 7.27. The van der Waals surface area contributed by atoms with E-state index in [2.05, 4.69) is 14.7 Å². The fraction of sp³-hybridized carbons (Fsp3) is 0.286. The molecular formula is C14H15ClF6N4O2. The molecule has 2 rings (SSSR count). The Balaban J connectivity index is 0.000000413. The van der Waals surface area contributed by atoms with Crippen molar-refractivity contribution in [1.29, 1.82) is 0 Å². The number of alkyl halides is 6. The Morgan fingerprint density at radius 2 is 1.41 bits per heavy atom. The number of nitrogens with zero attached hydrogens (tertiary/aromatic N) is 2. The van der Waals surface area contributed by atoms with E-state index >= 15 is 0 Å². The van der Waals surface area contributed by atoms with Crippen molar-refractivity contribution in [2.45, 2.75) is 12.4 Å². The van der Waals surface area contributed by atoms with Gasteiger partial charge in [0.15, 0.2) is 6.61 Å². The summed E-state index contributed by atoms with van der Waals surface area (Å²) in [5.41, 5.74) is 11.6. The molecule has 0 saturated carbocycles. The summed E-state index contributed by atoms with van der Waals surface area (Å²) in [5.74, 6) is -0.127. The summed E-state index contributed by atoms with van der Waals surface area (Å²) in [7, 11) is 0. The van der Waals surface area contributed by atoms with Gasteiger partial charge >= 0.3 is 12.4 Å². The van der Waals surface area contributed by atoms with Crippen molar-refractivity contribution in [2.75, 3.05) is 24.7 Å². The summed E-state index contributed by atoms with van der Waals surface area (Å²) >= 11 is 5.45. The van der Waals surface area contributed by atoms with Gasteiger partial charge in [-0.3, -0.25) is 0 Å². The molecule has 27 heavy (non-hydrogen) atoms. The number of hydrogen-bond donors (Lipinski definition) is 3. The number of aromatic nitrogens is 2. The second-order valence-electron chi connectivity index (χ2n) is 4.52. The number of halogens is 7. The molecule has 2 aromatic rings. The molecule has 13 heteroatoms. The summed E-state index contributed by atoms with van der Waals surface area (Å²) in [5, 5.41) is 7.71. The summed E-state index contributed by atoms with van der Waals surface area (Å²) in [6, 6.07) is 5.97. The Morgan fingerprint density at radius 1 is 0.926 bits per heavy atom. The maximum Gasteiger partial charge on any atom is 0.422 e. The lowest BCUT2D eigenvalue weighted by Gasteiger charge is -2.07. The number of nitrogens with two attached hydrogens (primary N) is 2. The summed E-state index contributed by atoms with van der Waals surface area (Å²) in [6.45, 7) is -3.09. The van der Waals surface area contributed by atoms with Crippen LogP contribution in [0.15, 0.2) is 36.7 Å². The second kappa shape index (κ2) is 11.3. The molecule has 0 atom stereocenters. The lowest BCUT2D eigenvalue weighted by Crippen LogP contribution is -2.19. The fourth-order valence-corrected chi connectivity index (χ4v) is 1.26. The average molecular weight is 421 g/mol. The third-order valence-corrected chi connectivity index (χ3v) is 2.28. The quantitative estimate of drug-likeness (QED) is 0.507. The zero-order chi connectivity index (χ0) is 21.1. The van der Waals surface area contributed by atoms with Crippen LogP contribution in [0.4, 0.5) is 37.7 Å². The molecule has 152 valence electrons. The van der Waals surface area contributed by atoms with Crippen LogP contribution in [0.5, 0.6) is 5.88 Å². The number of anilines is 2. The average Bonchev–Trinajstić information content (AvgIpc) is 2.53. The van der Waals surface area contributed by atoms with Crippen LogP contribution in [0.2, 0.25) is 5.15 Å². The van der Waals surface area contributed by atoms with Gasteiger partial charge in [0.05, 0.1) is 0 Å². The Morgan fingerprint density at radius 3 is 1.74 bits per heavy atom. The molecule has 0 aliphatic rings. The minimum Gasteiger partial charge on any atom is -0.468 e. The Bertz CT molecular complexity index is 668. The molecule has 0 aliphatic heterocycles. The minimum absolute atomic E-state index is 0.127. The Labute approximate surface area is 154 Å². The van der Waals surface area contributed by atoms with E-state index in [9.17, 15) is 26.3 Å². The Kier molecular flexibility index (Phi) is 10.3. The molecule has 0 bridgehead atoms. The zero-order valence-electron chi connectivity index (χ0n) is 13.4. The van der Waals surface area contributed by atoms with Crippen LogP contribution < -0.4 is 16.2 Å². The first-order valence-electron chi connectivity index (χ1n) is 6.78. The molecule has 5 N–H and O–H groups in total. The molecule has 0 amide bonds. The van der Waals surface area contributed by atoms with Crippen molar-refractivity contribution in [2.24, 2.45) is 0 Å². The lowest BCUT2D eigenvalue weighted by molar-refractivity contribution is -0.159. The fourth-order valence-electron chi connectivity index (χ4n) is 1.08. The predicted molar refractivity (Wildman–Crippen MR) is 87.0 cm³/mol. The van der Waals surface area contributed by atoms with Crippen LogP contribution in [-0.4, -0.2) is 40.6 Å². The van der Waals surface area contributed by atoms with Gasteiger partial charge in [0, 0.05) is 29.8 Å². The third kappa shape index (κ3) is 15.5. The highest BCUT2D eigenvalue weighted by atomic mass is 35.5. The molecule has 0 radical (unpaired) electrons. The van der Waals surface area contributed by atoms with E-state index in [-0.39, 0.29) is 5.88 Å². The highest BCUT2D eigenvalue weighted by molar-refractivity contribution is 6.29. The van der Waals surface area contributed by atoms with E-state index in [0.717, 1.165) is 0 Å². The first-order valence-corrected chi connectivity index (χ1v) is 7.16. The lowest BCUT2D eigenvalue weighted by atomic mass is 10.4. The normalized spacial score (nSPS) is 10.8. The van der Waals surface area contributed by atoms with Gasteiger partial charge < -0.3 is 21.3 Å². The topological polar surface area (TPSA) is 107 Å². The van der Waals surface area contributed by atoms with Crippen LogP contribution in [0.25, 0.3) is 0 Å². The number of aliphatic hydroxyl groups is 1. The van der Waals surface area contributed by atoms with E-state index in [1.807, 2.05) is 0 Å². The van der Waals surface area contributed by atoms with Crippen LogP contribution in [0.1, 0.15) is 0 Å². The molecule has 2 aromatic heterocycles. The molecule has 0 spiro atoms. The molecule has 2 heterocycles. The number of pyridine rings is 2. The van der Waals surface area contributed by atoms with Gasteiger partial charge in [-0.05, 0) is 18.2 Å². The highest BCUT2D eigenvalue weighted by Gasteiger charge is 2.28. The van der Waals surface area contributed by atoms with Crippen molar-refractivity contribution >= 4 is 23.0 Å². The van der Waals surface area contributed by atoms with Crippen LogP contribution in [0.3, 0.4) is 0 Å². The molecule has 0 aliphatic carbocycles.